The highest BCUT2D eigenvalue weighted by atomic mass is 19.4. The van der Waals surface area contributed by atoms with E-state index in [0.29, 0.717) is 12.5 Å². The zero-order valence-corrected chi connectivity index (χ0v) is 13.7. The van der Waals surface area contributed by atoms with Crippen LogP contribution in [-0.4, -0.2) is 31.3 Å². The number of alkyl halides is 3. The van der Waals surface area contributed by atoms with Crippen molar-refractivity contribution in [3.05, 3.63) is 12.2 Å². The molecule has 1 heterocycles. The molecule has 0 bridgehead atoms. The van der Waals surface area contributed by atoms with E-state index in [-0.39, 0.29) is 18.8 Å². The molecule has 1 saturated carbocycles. The highest BCUT2D eigenvalue weighted by Crippen LogP contribution is 2.61. The first-order valence-electron chi connectivity index (χ1n) is 8.58. The summed E-state index contributed by atoms with van der Waals surface area (Å²) < 4.78 is 51.2. The fraction of sp³-hybridized carbons (Fsp3) is 0.882. The van der Waals surface area contributed by atoms with Crippen molar-refractivity contribution in [3.8, 4) is 0 Å². The molecule has 6 heteroatoms. The van der Waals surface area contributed by atoms with E-state index in [1.807, 2.05) is 13.8 Å². The van der Waals surface area contributed by atoms with Crippen LogP contribution in [0.2, 0.25) is 0 Å². The smallest absolute Gasteiger partial charge is 0.348 e. The van der Waals surface area contributed by atoms with Crippen molar-refractivity contribution < 1.29 is 22.6 Å². The molecule has 0 aromatic heterocycles. The minimum Gasteiger partial charge on any atom is -0.348 e. The fourth-order valence-electron chi connectivity index (χ4n) is 3.65. The lowest BCUT2D eigenvalue weighted by Crippen LogP contribution is -2.50. The van der Waals surface area contributed by atoms with E-state index >= 15 is 0 Å². The fourth-order valence-corrected chi connectivity index (χ4v) is 3.65. The van der Waals surface area contributed by atoms with Crippen LogP contribution in [0.25, 0.3) is 0 Å². The average Bonchev–Trinajstić information content (AvgIpc) is 3.37. The van der Waals surface area contributed by atoms with Gasteiger partial charge >= 0.3 is 6.18 Å². The molecule has 132 valence electrons. The van der Waals surface area contributed by atoms with E-state index in [9.17, 15) is 13.2 Å². The monoisotopic (exact) mass is 333 g/mol. The van der Waals surface area contributed by atoms with Crippen LogP contribution in [0.4, 0.5) is 13.2 Å². The molecule has 3 aliphatic rings. The van der Waals surface area contributed by atoms with Crippen molar-refractivity contribution in [1.29, 1.82) is 0 Å². The minimum atomic E-state index is -4.16. The predicted molar refractivity (Wildman–Crippen MR) is 80.6 cm³/mol. The van der Waals surface area contributed by atoms with E-state index in [0.717, 1.165) is 19.3 Å². The van der Waals surface area contributed by atoms with Gasteiger partial charge < -0.3 is 9.47 Å². The lowest BCUT2D eigenvalue weighted by Gasteiger charge is -2.32. The predicted octanol–water partition coefficient (Wildman–Crippen LogP) is 4.00. The molecule has 2 fully saturated rings. The van der Waals surface area contributed by atoms with Crippen molar-refractivity contribution in [2.75, 3.05) is 6.61 Å². The Morgan fingerprint density at radius 1 is 1.30 bits per heavy atom. The maximum atomic E-state index is 13.3. The summed E-state index contributed by atoms with van der Waals surface area (Å²) in [5, 5.41) is 3.06. The van der Waals surface area contributed by atoms with Gasteiger partial charge in [-0.3, -0.25) is 5.32 Å². The summed E-state index contributed by atoms with van der Waals surface area (Å²) in [5.74, 6) is 0.392. The van der Waals surface area contributed by atoms with Crippen molar-refractivity contribution in [1.82, 2.24) is 5.32 Å². The van der Waals surface area contributed by atoms with Gasteiger partial charge in [-0.25, -0.2) is 0 Å². The Balaban J connectivity index is 1.48. The first-order valence-corrected chi connectivity index (χ1v) is 8.58. The summed E-state index contributed by atoms with van der Waals surface area (Å²) >= 11 is 0. The molecule has 0 radical (unpaired) electrons. The van der Waals surface area contributed by atoms with Crippen LogP contribution in [0, 0.1) is 17.3 Å². The van der Waals surface area contributed by atoms with Crippen molar-refractivity contribution in [3.63, 3.8) is 0 Å². The van der Waals surface area contributed by atoms with Crippen LogP contribution >= 0.6 is 0 Å². The number of epoxide rings is 1. The quantitative estimate of drug-likeness (QED) is 0.565. The van der Waals surface area contributed by atoms with Gasteiger partial charge in [0.1, 0.15) is 0 Å². The lowest BCUT2D eigenvalue weighted by atomic mass is 9.87. The average molecular weight is 333 g/mol. The number of nitrogens with one attached hydrogen (secondary N) is 1. The van der Waals surface area contributed by atoms with E-state index in [4.69, 9.17) is 9.47 Å². The van der Waals surface area contributed by atoms with Crippen molar-refractivity contribution >= 4 is 0 Å². The number of hydrogen-bond donors (Lipinski definition) is 1. The van der Waals surface area contributed by atoms with Crippen LogP contribution in [-0.2, 0) is 9.47 Å². The lowest BCUT2D eigenvalue weighted by molar-refractivity contribution is -0.199. The third-order valence-corrected chi connectivity index (χ3v) is 5.28. The van der Waals surface area contributed by atoms with Crippen LogP contribution in [0.5, 0.6) is 0 Å². The summed E-state index contributed by atoms with van der Waals surface area (Å²) in [6, 6.07) is -0.612. The molecule has 3 rings (SSSR count). The first-order chi connectivity index (χ1) is 10.8. The second-order valence-electron chi connectivity index (χ2n) is 7.45. The molecule has 1 saturated heterocycles. The summed E-state index contributed by atoms with van der Waals surface area (Å²) in [5.41, 5.74) is -1.58. The molecule has 23 heavy (non-hydrogen) atoms. The molecule has 0 spiro atoms. The van der Waals surface area contributed by atoms with E-state index < -0.39 is 30.2 Å². The zero-order valence-electron chi connectivity index (χ0n) is 13.7. The maximum Gasteiger partial charge on any atom is 0.396 e. The Labute approximate surface area is 135 Å². The number of halogens is 3. The standard InChI is InChI=1S/C17H26F3NO2/c1-11(2)13(16(8-9-16)17(18,19)20)21-14-15(23-14)22-10-12-6-4-3-5-7-12/h3-4,11-15,21H,5-10H2,1-2H3/t12?,13-,14?,15?/m0/s1. The molecule has 0 aromatic rings. The highest BCUT2D eigenvalue weighted by molar-refractivity contribution is 5.09. The number of allylic oxidation sites excluding steroid dienone is 2. The second kappa shape index (κ2) is 6.37. The summed E-state index contributed by atoms with van der Waals surface area (Å²) in [6.45, 7) is 4.27. The third-order valence-electron chi connectivity index (χ3n) is 5.28. The van der Waals surface area contributed by atoms with Gasteiger partial charge in [-0.1, -0.05) is 26.0 Å². The molecule has 0 aromatic carbocycles. The van der Waals surface area contributed by atoms with E-state index in [1.165, 1.54) is 0 Å². The van der Waals surface area contributed by atoms with Crippen LogP contribution in [0.15, 0.2) is 12.2 Å². The molecule has 0 amide bonds. The summed E-state index contributed by atoms with van der Waals surface area (Å²) in [4.78, 5) is 0. The topological polar surface area (TPSA) is 33.8 Å². The van der Waals surface area contributed by atoms with Gasteiger partial charge in [-0.15, -0.1) is 0 Å². The molecular weight excluding hydrogens is 307 g/mol. The van der Waals surface area contributed by atoms with Crippen LogP contribution < -0.4 is 5.32 Å². The van der Waals surface area contributed by atoms with Crippen molar-refractivity contribution in [2.24, 2.45) is 17.3 Å². The van der Waals surface area contributed by atoms with Crippen LogP contribution in [0.1, 0.15) is 46.0 Å². The number of ether oxygens (including phenoxy) is 2. The van der Waals surface area contributed by atoms with Gasteiger partial charge in [-0.2, -0.15) is 13.2 Å². The molecule has 2 aliphatic carbocycles. The van der Waals surface area contributed by atoms with E-state index in [2.05, 4.69) is 17.5 Å². The number of rotatable bonds is 7. The van der Waals surface area contributed by atoms with Gasteiger partial charge in [0.05, 0.1) is 12.0 Å². The Bertz CT molecular complexity index is 446. The third kappa shape index (κ3) is 3.74. The van der Waals surface area contributed by atoms with Gasteiger partial charge in [0.25, 0.3) is 0 Å². The molecular formula is C17H26F3NO2. The second-order valence-corrected chi connectivity index (χ2v) is 7.45. The van der Waals surface area contributed by atoms with E-state index in [1.54, 1.807) is 0 Å². The van der Waals surface area contributed by atoms with Gasteiger partial charge in [0, 0.05) is 6.04 Å². The summed E-state index contributed by atoms with van der Waals surface area (Å²) in [7, 11) is 0. The van der Waals surface area contributed by atoms with Gasteiger partial charge in [0.15, 0.2) is 12.5 Å². The molecule has 3 nitrogen and oxygen atoms in total. The molecule has 1 aliphatic heterocycles. The number of hydrogen-bond acceptors (Lipinski definition) is 3. The SMILES string of the molecule is CC(C)[C@H](NC1OC1OCC1CC=CCC1)C1(C(F)(F)F)CC1. The van der Waals surface area contributed by atoms with Gasteiger partial charge in [0.2, 0.25) is 0 Å². The minimum absolute atomic E-state index is 0.104. The molecule has 3 unspecified atom stereocenters. The molecule has 4 atom stereocenters. The first kappa shape index (κ1) is 17.2. The zero-order chi connectivity index (χ0) is 16.7. The normalized spacial score (nSPS) is 33.7. The maximum absolute atomic E-state index is 13.3. The summed E-state index contributed by atoms with van der Waals surface area (Å²) in [6.07, 6.45) is 2.98. The Morgan fingerprint density at radius 2 is 2.04 bits per heavy atom. The Morgan fingerprint density at radius 3 is 2.57 bits per heavy atom. The molecule has 1 N–H and O–H groups in total. The Hall–Kier alpha value is -0.590. The van der Waals surface area contributed by atoms with Gasteiger partial charge in [-0.05, 0) is 43.9 Å². The highest BCUT2D eigenvalue weighted by Gasteiger charge is 2.68. The van der Waals surface area contributed by atoms with Crippen LogP contribution in [0.3, 0.4) is 0 Å². The van der Waals surface area contributed by atoms with Crippen molar-refractivity contribution in [2.45, 2.75) is 70.7 Å². The largest absolute Gasteiger partial charge is 0.396 e. The Kier molecular flexibility index (Phi) is 4.78.